The number of unbranched alkanes of at least 4 members (excludes halogenated alkanes) is 10. The second kappa shape index (κ2) is 16.8. The minimum absolute atomic E-state index is 0.329. The smallest absolute Gasteiger partial charge is 0.0240 e. The predicted octanol–water partition coefficient (Wildman–Crippen LogP) is 7.99. The summed E-state index contributed by atoms with van der Waals surface area (Å²) in [5.74, 6) is 0. The molecule has 0 amide bonds. The average Bonchev–Trinajstić information content (AvgIpc) is 2.51. The molecule has 0 saturated heterocycles. The van der Waals surface area contributed by atoms with E-state index in [1.165, 1.54) is 83.5 Å². The quantitative estimate of drug-likeness (QED) is 0.200. The molecule has 128 valence electrons. The summed E-state index contributed by atoms with van der Waals surface area (Å²) >= 11 is 0. The summed E-state index contributed by atoms with van der Waals surface area (Å²) in [5.41, 5.74) is 1.01. The Morgan fingerprint density at radius 2 is 0.952 bits per heavy atom. The van der Waals surface area contributed by atoms with Gasteiger partial charge in [-0.25, -0.2) is 0 Å². The van der Waals surface area contributed by atoms with Crippen LogP contribution in [0.15, 0.2) is 0 Å². The molecule has 0 saturated carbocycles. The fraction of sp³-hybridized carbons (Fsp3) is 1.00. The van der Waals surface area contributed by atoms with Gasteiger partial charge in [-0.15, -0.1) is 7.92 Å². The first-order valence-corrected chi connectivity index (χ1v) is 11.8. The Morgan fingerprint density at radius 3 is 1.33 bits per heavy atom. The van der Waals surface area contributed by atoms with Crippen molar-refractivity contribution >= 4 is 7.92 Å². The Kier molecular flexibility index (Phi) is 17.1. The van der Waals surface area contributed by atoms with Crippen molar-refractivity contribution in [3.8, 4) is 0 Å². The molecular weight excluding hydrogens is 271 g/mol. The first-order valence-electron chi connectivity index (χ1n) is 10.00. The topological polar surface area (TPSA) is 0 Å². The minimum atomic E-state index is 0.329. The minimum Gasteiger partial charge on any atom is -0.104 e. The molecular formula is C20H43P. The molecule has 0 bridgehead atoms. The van der Waals surface area contributed by atoms with Crippen LogP contribution in [0.1, 0.15) is 111 Å². The molecule has 0 aromatic heterocycles. The third-order valence-corrected chi connectivity index (χ3v) is 8.21. The first-order chi connectivity index (χ1) is 10.3. The van der Waals surface area contributed by atoms with E-state index in [4.69, 9.17) is 0 Å². The van der Waals surface area contributed by atoms with Gasteiger partial charge < -0.3 is 0 Å². The van der Waals surface area contributed by atoms with Crippen LogP contribution in [0.2, 0.25) is 0 Å². The normalized spacial score (nSPS) is 13.0. The van der Waals surface area contributed by atoms with E-state index in [1.54, 1.807) is 12.3 Å². The highest BCUT2D eigenvalue weighted by molar-refractivity contribution is 7.58. The van der Waals surface area contributed by atoms with E-state index in [0.717, 1.165) is 5.66 Å². The lowest BCUT2D eigenvalue weighted by molar-refractivity contribution is 0.620. The van der Waals surface area contributed by atoms with Crippen LogP contribution in [0.5, 0.6) is 0 Å². The molecule has 0 nitrogen and oxygen atoms in total. The zero-order valence-corrected chi connectivity index (χ0v) is 16.5. The Hall–Kier alpha value is 0.430. The zero-order valence-electron chi connectivity index (χ0n) is 15.6. The Bertz CT molecular complexity index is 174. The lowest BCUT2D eigenvalue weighted by Crippen LogP contribution is -2.05. The van der Waals surface area contributed by atoms with Crippen molar-refractivity contribution in [2.75, 3.05) is 12.3 Å². The third kappa shape index (κ3) is 13.8. The maximum absolute atomic E-state index is 2.51. The molecule has 0 rings (SSSR count). The van der Waals surface area contributed by atoms with E-state index >= 15 is 0 Å². The Balaban J connectivity index is 3.67. The maximum atomic E-state index is 2.51. The van der Waals surface area contributed by atoms with E-state index in [9.17, 15) is 0 Å². The molecule has 0 aromatic rings. The van der Waals surface area contributed by atoms with Gasteiger partial charge in [-0.1, -0.05) is 91.9 Å². The van der Waals surface area contributed by atoms with Crippen LogP contribution in [0.4, 0.5) is 0 Å². The van der Waals surface area contributed by atoms with Crippen molar-refractivity contribution in [3.63, 3.8) is 0 Å². The Morgan fingerprint density at radius 1 is 0.571 bits per heavy atom. The third-order valence-electron chi connectivity index (χ3n) is 4.81. The van der Waals surface area contributed by atoms with E-state index in [1.807, 2.05) is 0 Å². The van der Waals surface area contributed by atoms with Crippen molar-refractivity contribution in [1.29, 1.82) is 0 Å². The van der Waals surface area contributed by atoms with Crippen LogP contribution in [-0.2, 0) is 0 Å². The van der Waals surface area contributed by atoms with E-state index in [0.29, 0.717) is 7.92 Å². The number of hydrogen-bond acceptors (Lipinski definition) is 0. The molecule has 0 heterocycles. The van der Waals surface area contributed by atoms with Gasteiger partial charge in [0.25, 0.3) is 0 Å². The van der Waals surface area contributed by atoms with Gasteiger partial charge >= 0.3 is 0 Å². The van der Waals surface area contributed by atoms with Crippen LogP contribution in [0.3, 0.4) is 0 Å². The first kappa shape index (κ1) is 21.4. The average molecular weight is 315 g/mol. The highest BCUT2D eigenvalue weighted by Gasteiger charge is 2.14. The molecule has 1 heteroatoms. The second-order valence-electron chi connectivity index (χ2n) is 6.83. The van der Waals surface area contributed by atoms with Crippen molar-refractivity contribution in [2.24, 2.45) is 0 Å². The van der Waals surface area contributed by atoms with Crippen LogP contribution >= 0.6 is 7.92 Å². The van der Waals surface area contributed by atoms with Gasteiger partial charge in [0.05, 0.1) is 0 Å². The standard InChI is InChI=1S/C20H43P/c1-5-8-10-12-14-16-18-21(20(4)7-3)19-17-15-13-11-9-6-2/h20H,5-19H2,1-4H3. The maximum Gasteiger partial charge on any atom is -0.0240 e. The fourth-order valence-corrected chi connectivity index (χ4v) is 5.88. The highest BCUT2D eigenvalue weighted by Crippen LogP contribution is 2.44. The lowest BCUT2D eigenvalue weighted by Gasteiger charge is -2.24. The summed E-state index contributed by atoms with van der Waals surface area (Å²) in [4.78, 5) is 0. The molecule has 0 spiro atoms. The summed E-state index contributed by atoms with van der Waals surface area (Å²) < 4.78 is 0. The fourth-order valence-electron chi connectivity index (χ4n) is 3.00. The van der Waals surface area contributed by atoms with Crippen molar-refractivity contribution < 1.29 is 0 Å². The van der Waals surface area contributed by atoms with Crippen molar-refractivity contribution in [1.82, 2.24) is 0 Å². The molecule has 0 aromatic carbocycles. The molecule has 0 aliphatic rings. The molecule has 0 aliphatic heterocycles. The van der Waals surface area contributed by atoms with Gasteiger partial charge in [-0.3, -0.25) is 0 Å². The van der Waals surface area contributed by atoms with E-state index < -0.39 is 0 Å². The largest absolute Gasteiger partial charge is 0.104 e. The van der Waals surface area contributed by atoms with Gasteiger partial charge in [-0.2, -0.15) is 0 Å². The number of rotatable bonds is 16. The van der Waals surface area contributed by atoms with Crippen LogP contribution in [0, 0.1) is 0 Å². The monoisotopic (exact) mass is 314 g/mol. The molecule has 0 N–H and O–H groups in total. The second-order valence-corrected chi connectivity index (χ2v) is 9.78. The molecule has 1 unspecified atom stereocenters. The summed E-state index contributed by atoms with van der Waals surface area (Å²) in [6.07, 6.45) is 22.1. The summed E-state index contributed by atoms with van der Waals surface area (Å²) in [7, 11) is 0.329. The van der Waals surface area contributed by atoms with Gasteiger partial charge in [0.2, 0.25) is 0 Å². The number of hydrogen-bond donors (Lipinski definition) is 0. The SMILES string of the molecule is CCCCCCCCP(CCCCCCCC)C(C)CC. The van der Waals surface area contributed by atoms with Gasteiger partial charge in [0, 0.05) is 0 Å². The van der Waals surface area contributed by atoms with E-state index in [2.05, 4.69) is 27.7 Å². The van der Waals surface area contributed by atoms with Crippen LogP contribution < -0.4 is 0 Å². The predicted molar refractivity (Wildman–Crippen MR) is 103 cm³/mol. The van der Waals surface area contributed by atoms with Gasteiger partial charge in [0.15, 0.2) is 0 Å². The molecule has 0 radical (unpaired) electrons. The van der Waals surface area contributed by atoms with E-state index in [-0.39, 0.29) is 0 Å². The van der Waals surface area contributed by atoms with Crippen molar-refractivity contribution in [2.45, 2.75) is 117 Å². The van der Waals surface area contributed by atoms with Gasteiger partial charge in [-0.05, 0) is 37.2 Å². The van der Waals surface area contributed by atoms with Crippen LogP contribution in [-0.4, -0.2) is 18.0 Å². The molecule has 0 fully saturated rings. The summed E-state index contributed by atoms with van der Waals surface area (Å²) in [6, 6.07) is 0. The summed E-state index contributed by atoms with van der Waals surface area (Å²) in [6.45, 7) is 9.52. The van der Waals surface area contributed by atoms with Crippen LogP contribution in [0.25, 0.3) is 0 Å². The molecule has 0 aliphatic carbocycles. The lowest BCUT2D eigenvalue weighted by atomic mass is 10.1. The van der Waals surface area contributed by atoms with Gasteiger partial charge in [0.1, 0.15) is 0 Å². The zero-order chi connectivity index (χ0) is 15.8. The molecule has 1 atom stereocenters. The summed E-state index contributed by atoms with van der Waals surface area (Å²) in [5, 5.41) is 0. The highest BCUT2D eigenvalue weighted by atomic mass is 31.1. The van der Waals surface area contributed by atoms with Crippen molar-refractivity contribution in [3.05, 3.63) is 0 Å². The molecule has 21 heavy (non-hydrogen) atoms. The Labute approximate surface area is 137 Å².